The molecule has 3 rings (SSSR count). The van der Waals surface area contributed by atoms with Crippen molar-refractivity contribution in [1.82, 2.24) is 4.57 Å². The van der Waals surface area contributed by atoms with Crippen molar-refractivity contribution in [3.63, 3.8) is 0 Å². The van der Waals surface area contributed by atoms with Gasteiger partial charge in [0.1, 0.15) is 0 Å². The number of aromatic nitrogens is 1. The van der Waals surface area contributed by atoms with Crippen LogP contribution in [0.5, 0.6) is 0 Å². The number of benzene rings is 1. The van der Waals surface area contributed by atoms with Gasteiger partial charge < -0.3 is 9.67 Å². The third kappa shape index (κ3) is 2.65. The first kappa shape index (κ1) is 14.1. The van der Waals surface area contributed by atoms with Crippen LogP contribution >= 0.6 is 15.9 Å². The van der Waals surface area contributed by atoms with Crippen LogP contribution in [0.15, 0.2) is 39.6 Å². The molecule has 0 spiro atoms. The second-order valence-corrected chi connectivity index (χ2v) is 6.05. The summed E-state index contributed by atoms with van der Waals surface area (Å²) in [7, 11) is 0. The molecular formula is C16H14BrNO3. The summed E-state index contributed by atoms with van der Waals surface area (Å²) < 4.78 is 2.51. The highest BCUT2D eigenvalue weighted by Crippen LogP contribution is 2.23. The molecule has 2 aromatic rings. The van der Waals surface area contributed by atoms with E-state index < -0.39 is 5.97 Å². The van der Waals surface area contributed by atoms with E-state index >= 15 is 0 Å². The fraction of sp³-hybridized carbons (Fsp3) is 0.250. The van der Waals surface area contributed by atoms with Gasteiger partial charge in [-0.2, -0.15) is 0 Å². The van der Waals surface area contributed by atoms with Gasteiger partial charge in [0.2, 0.25) is 0 Å². The minimum Gasteiger partial charge on any atom is -0.478 e. The average Bonchev–Trinajstić information content (AvgIpc) is 2.92. The summed E-state index contributed by atoms with van der Waals surface area (Å²) >= 11 is 3.40. The van der Waals surface area contributed by atoms with Crippen molar-refractivity contribution >= 4 is 21.9 Å². The van der Waals surface area contributed by atoms with Crippen molar-refractivity contribution in [2.24, 2.45) is 0 Å². The van der Waals surface area contributed by atoms with E-state index in [1.165, 1.54) is 5.56 Å². The van der Waals surface area contributed by atoms with Crippen LogP contribution in [0, 0.1) is 0 Å². The average molecular weight is 348 g/mol. The number of halogens is 1. The number of aryl methyl sites for hydroxylation is 1. The van der Waals surface area contributed by atoms with Crippen molar-refractivity contribution in [2.75, 3.05) is 0 Å². The van der Waals surface area contributed by atoms with Gasteiger partial charge in [-0.25, -0.2) is 4.79 Å². The van der Waals surface area contributed by atoms with Crippen molar-refractivity contribution in [3.05, 3.63) is 67.5 Å². The molecule has 1 aliphatic carbocycles. The number of carboxylic acid groups (broad SMARTS) is 1. The van der Waals surface area contributed by atoms with Crippen LogP contribution in [0.3, 0.4) is 0 Å². The van der Waals surface area contributed by atoms with E-state index in [9.17, 15) is 9.59 Å². The van der Waals surface area contributed by atoms with Crippen LogP contribution in [-0.2, 0) is 19.4 Å². The van der Waals surface area contributed by atoms with Gasteiger partial charge in [0.25, 0.3) is 5.56 Å². The van der Waals surface area contributed by atoms with Gasteiger partial charge >= 0.3 is 5.97 Å². The van der Waals surface area contributed by atoms with Gasteiger partial charge in [-0.15, -0.1) is 0 Å². The zero-order valence-corrected chi connectivity index (χ0v) is 12.9. The smallest absolute Gasteiger partial charge is 0.335 e. The van der Waals surface area contributed by atoms with E-state index in [0.717, 1.165) is 30.5 Å². The number of aromatic carboxylic acids is 1. The monoisotopic (exact) mass is 347 g/mol. The summed E-state index contributed by atoms with van der Waals surface area (Å²) in [6.07, 6.45) is 3.03. The number of carboxylic acids is 1. The number of rotatable bonds is 3. The summed E-state index contributed by atoms with van der Waals surface area (Å²) in [5, 5.41) is 8.98. The predicted molar refractivity (Wildman–Crippen MR) is 82.9 cm³/mol. The Hall–Kier alpha value is -1.88. The van der Waals surface area contributed by atoms with Crippen LogP contribution in [0.1, 0.15) is 33.6 Å². The molecule has 0 radical (unpaired) electrons. The maximum Gasteiger partial charge on any atom is 0.335 e. The molecule has 108 valence electrons. The van der Waals surface area contributed by atoms with Gasteiger partial charge in [0.15, 0.2) is 0 Å². The molecular weight excluding hydrogens is 334 g/mol. The standard InChI is InChI=1S/C16H14BrNO3/c17-13-8-11(16(20)21)4-5-12(13)9-18-14-3-1-2-10(14)6-7-15(18)19/h4-8H,1-3,9H2,(H,20,21). The van der Waals surface area contributed by atoms with Crippen molar-refractivity contribution in [1.29, 1.82) is 0 Å². The topological polar surface area (TPSA) is 59.3 Å². The molecule has 0 saturated carbocycles. The first-order chi connectivity index (χ1) is 10.1. The first-order valence-corrected chi connectivity index (χ1v) is 7.59. The van der Waals surface area contributed by atoms with Crippen molar-refractivity contribution < 1.29 is 9.90 Å². The SMILES string of the molecule is O=C(O)c1ccc(Cn2c3c(ccc2=O)CCC3)c(Br)c1. The Labute approximate surface area is 130 Å². The number of hydrogen-bond donors (Lipinski definition) is 1. The molecule has 21 heavy (non-hydrogen) atoms. The van der Waals surface area contributed by atoms with Gasteiger partial charge in [-0.05, 0) is 42.5 Å². The third-order valence-corrected chi connectivity index (χ3v) is 4.62. The number of carbonyl (C=O) groups is 1. The highest BCUT2D eigenvalue weighted by molar-refractivity contribution is 9.10. The van der Waals surface area contributed by atoms with Gasteiger partial charge in [0, 0.05) is 16.2 Å². The predicted octanol–water partition coefficient (Wildman–Crippen LogP) is 2.85. The van der Waals surface area contributed by atoms with Crippen molar-refractivity contribution in [3.8, 4) is 0 Å². The van der Waals surface area contributed by atoms with Crippen LogP contribution in [0.25, 0.3) is 0 Å². The van der Waals surface area contributed by atoms with Gasteiger partial charge in [-0.3, -0.25) is 4.79 Å². The molecule has 0 amide bonds. The Kier molecular flexibility index (Phi) is 3.68. The Morgan fingerprint density at radius 1 is 1.24 bits per heavy atom. The van der Waals surface area contributed by atoms with E-state index in [1.807, 2.05) is 6.07 Å². The summed E-state index contributed by atoms with van der Waals surface area (Å²) in [4.78, 5) is 23.1. The zero-order chi connectivity index (χ0) is 15.0. The quantitative estimate of drug-likeness (QED) is 0.928. The zero-order valence-electron chi connectivity index (χ0n) is 11.3. The molecule has 0 saturated heterocycles. The van der Waals surface area contributed by atoms with E-state index in [-0.39, 0.29) is 11.1 Å². The highest BCUT2D eigenvalue weighted by atomic mass is 79.9. The Balaban J connectivity index is 2.00. The number of hydrogen-bond acceptors (Lipinski definition) is 2. The van der Waals surface area contributed by atoms with E-state index in [2.05, 4.69) is 15.9 Å². The second-order valence-electron chi connectivity index (χ2n) is 5.19. The molecule has 0 bridgehead atoms. The molecule has 0 fully saturated rings. The van der Waals surface area contributed by atoms with Crippen LogP contribution in [0.2, 0.25) is 0 Å². The minimum atomic E-state index is -0.958. The minimum absolute atomic E-state index is 0.00939. The van der Waals surface area contributed by atoms with E-state index in [1.54, 1.807) is 28.8 Å². The fourth-order valence-corrected chi connectivity index (χ4v) is 3.29. The summed E-state index contributed by atoms with van der Waals surface area (Å²) in [6.45, 7) is 0.461. The molecule has 5 heteroatoms. The maximum atomic E-state index is 12.1. The number of fused-ring (bicyclic) bond motifs is 1. The first-order valence-electron chi connectivity index (χ1n) is 6.79. The lowest BCUT2D eigenvalue weighted by molar-refractivity contribution is 0.0697. The molecule has 0 unspecified atom stereocenters. The van der Waals surface area contributed by atoms with Crippen LogP contribution < -0.4 is 5.56 Å². The molecule has 0 atom stereocenters. The fourth-order valence-electron chi connectivity index (χ4n) is 2.79. The Morgan fingerprint density at radius 3 is 2.76 bits per heavy atom. The molecule has 1 aromatic heterocycles. The van der Waals surface area contributed by atoms with Gasteiger partial charge in [0.05, 0.1) is 12.1 Å². The molecule has 1 heterocycles. The largest absolute Gasteiger partial charge is 0.478 e. The van der Waals surface area contributed by atoms with E-state index in [0.29, 0.717) is 11.0 Å². The lowest BCUT2D eigenvalue weighted by Crippen LogP contribution is -2.23. The molecule has 1 N–H and O–H groups in total. The number of nitrogens with zero attached hydrogens (tertiary/aromatic N) is 1. The van der Waals surface area contributed by atoms with Crippen LogP contribution in [-0.4, -0.2) is 15.6 Å². The normalized spacial score (nSPS) is 13.2. The lowest BCUT2D eigenvalue weighted by atomic mass is 10.1. The second kappa shape index (κ2) is 5.48. The number of pyridine rings is 1. The molecule has 4 nitrogen and oxygen atoms in total. The Bertz CT molecular complexity index is 780. The summed E-state index contributed by atoms with van der Waals surface area (Å²) in [5.74, 6) is -0.958. The summed E-state index contributed by atoms with van der Waals surface area (Å²) in [5.41, 5.74) is 3.48. The van der Waals surface area contributed by atoms with Gasteiger partial charge in [-0.1, -0.05) is 28.1 Å². The van der Waals surface area contributed by atoms with Crippen molar-refractivity contribution in [2.45, 2.75) is 25.8 Å². The van der Waals surface area contributed by atoms with E-state index in [4.69, 9.17) is 5.11 Å². The molecule has 1 aromatic carbocycles. The molecule has 1 aliphatic rings. The highest BCUT2D eigenvalue weighted by Gasteiger charge is 2.16. The summed E-state index contributed by atoms with van der Waals surface area (Å²) in [6, 6.07) is 8.43. The maximum absolute atomic E-state index is 12.1. The lowest BCUT2D eigenvalue weighted by Gasteiger charge is -2.13. The Morgan fingerprint density at radius 2 is 2.05 bits per heavy atom. The molecule has 0 aliphatic heterocycles. The third-order valence-electron chi connectivity index (χ3n) is 3.88. The van der Waals surface area contributed by atoms with Crippen LogP contribution in [0.4, 0.5) is 0 Å².